The number of pyridine rings is 1. The van der Waals surface area contributed by atoms with Crippen molar-refractivity contribution in [2.75, 3.05) is 6.61 Å². The third-order valence-electron chi connectivity index (χ3n) is 3.74. The van der Waals surface area contributed by atoms with Crippen LogP contribution in [0, 0.1) is 0 Å². The number of hydrogen-bond donors (Lipinski definition) is 1. The minimum Gasteiger partial charge on any atom is -0.452 e. The molecule has 0 spiro atoms. The molecule has 2 heterocycles. The second-order valence-electron chi connectivity index (χ2n) is 8.04. The van der Waals surface area contributed by atoms with Crippen molar-refractivity contribution in [1.82, 2.24) is 20.1 Å². The summed E-state index contributed by atoms with van der Waals surface area (Å²) in [5.41, 5.74) is 1.44. The molecule has 0 saturated carbocycles. The van der Waals surface area contributed by atoms with E-state index in [9.17, 15) is 9.59 Å². The molecule has 0 saturated heterocycles. The number of fused-ring (bicyclic) bond motifs is 1. The van der Waals surface area contributed by atoms with Gasteiger partial charge in [0.15, 0.2) is 12.3 Å². The highest BCUT2D eigenvalue weighted by Crippen LogP contribution is 2.24. The molecule has 1 N–H and O–H groups in total. The Hall–Kier alpha value is -2.44. The Bertz CT molecular complexity index is 816. The van der Waals surface area contributed by atoms with Crippen LogP contribution in [0.4, 0.5) is 0 Å². The molecule has 0 aliphatic carbocycles. The fourth-order valence-corrected chi connectivity index (χ4v) is 2.54. The van der Waals surface area contributed by atoms with E-state index in [1.807, 2.05) is 48.5 Å². The van der Waals surface area contributed by atoms with E-state index in [4.69, 9.17) is 4.74 Å². The van der Waals surface area contributed by atoms with Crippen LogP contribution in [-0.4, -0.2) is 38.8 Å². The zero-order valence-corrected chi connectivity index (χ0v) is 16.6. The summed E-state index contributed by atoms with van der Waals surface area (Å²) >= 11 is 0. The number of carbonyl (C=O) groups excluding carboxylic acids is 2. The number of hydrogen-bond acceptors (Lipinski definition) is 5. The SMILES string of the molecule is CC(C)c1cc(C(=O)OCC(=O)NC(C)(C)C)c2cnn(C(C)C)c2n1. The summed E-state index contributed by atoms with van der Waals surface area (Å²) < 4.78 is 7.01. The molecule has 0 aromatic carbocycles. The number of amides is 1. The van der Waals surface area contributed by atoms with Crippen LogP contribution in [0.5, 0.6) is 0 Å². The third-order valence-corrected chi connectivity index (χ3v) is 3.74. The largest absolute Gasteiger partial charge is 0.452 e. The van der Waals surface area contributed by atoms with E-state index in [-0.39, 0.29) is 30.0 Å². The average Bonchev–Trinajstić information content (AvgIpc) is 2.93. The lowest BCUT2D eigenvalue weighted by atomic mass is 10.1. The maximum absolute atomic E-state index is 12.6. The van der Waals surface area contributed by atoms with E-state index < -0.39 is 5.97 Å². The maximum atomic E-state index is 12.6. The maximum Gasteiger partial charge on any atom is 0.339 e. The van der Waals surface area contributed by atoms with Crippen LogP contribution in [0.1, 0.15) is 76.5 Å². The van der Waals surface area contributed by atoms with Gasteiger partial charge in [0.05, 0.1) is 17.1 Å². The summed E-state index contributed by atoms with van der Waals surface area (Å²) in [6.07, 6.45) is 1.62. The van der Waals surface area contributed by atoms with Crippen LogP contribution in [-0.2, 0) is 9.53 Å². The minimum absolute atomic E-state index is 0.115. The van der Waals surface area contributed by atoms with Gasteiger partial charge in [-0.15, -0.1) is 0 Å². The average molecular weight is 360 g/mol. The predicted molar refractivity (Wildman–Crippen MR) is 100 cm³/mol. The third kappa shape index (κ3) is 4.59. The smallest absolute Gasteiger partial charge is 0.339 e. The van der Waals surface area contributed by atoms with Crippen molar-refractivity contribution in [3.8, 4) is 0 Å². The normalized spacial score (nSPS) is 12.0. The van der Waals surface area contributed by atoms with E-state index in [0.717, 1.165) is 5.69 Å². The Morgan fingerprint density at radius 3 is 2.42 bits per heavy atom. The highest BCUT2D eigenvalue weighted by molar-refractivity contribution is 6.03. The van der Waals surface area contributed by atoms with Crippen molar-refractivity contribution in [2.45, 2.75) is 66.0 Å². The second-order valence-corrected chi connectivity index (χ2v) is 8.04. The van der Waals surface area contributed by atoms with Gasteiger partial charge in [0, 0.05) is 17.3 Å². The lowest BCUT2D eigenvalue weighted by Gasteiger charge is -2.20. The van der Waals surface area contributed by atoms with Crippen molar-refractivity contribution in [3.05, 3.63) is 23.5 Å². The first-order valence-electron chi connectivity index (χ1n) is 8.86. The quantitative estimate of drug-likeness (QED) is 0.828. The highest BCUT2D eigenvalue weighted by Gasteiger charge is 2.21. The van der Waals surface area contributed by atoms with Crippen molar-refractivity contribution in [1.29, 1.82) is 0 Å². The minimum atomic E-state index is -0.549. The van der Waals surface area contributed by atoms with Crippen molar-refractivity contribution in [2.24, 2.45) is 0 Å². The molecule has 0 fully saturated rings. The molecule has 0 bridgehead atoms. The van der Waals surface area contributed by atoms with Crippen molar-refractivity contribution in [3.63, 3.8) is 0 Å². The van der Waals surface area contributed by atoms with E-state index in [0.29, 0.717) is 16.6 Å². The van der Waals surface area contributed by atoms with Crippen LogP contribution in [0.2, 0.25) is 0 Å². The Morgan fingerprint density at radius 2 is 1.88 bits per heavy atom. The van der Waals surface area contributed by atoms with Gasteiger partial charge in [-0.1, -0.05) is 13.8 Å². The summed E-state index contributed by atoms with van der Waals surface area (Å²) in [5.74, 6) is -0.740. The number of rotatable bonds is 5. The monoisotopic (exact) mass is 360 g/mol. The fourth-order valence-electron chi connectivity index (χ4n) is 2.54. The summed E-state index contributed by atoms with van der Waals surface area (Å²) in [7, 11) is 0. The van der Waals surface area contributed by atoms with Gasteiger partial charge in [0.1, 0.15) is 0 Å². The zero-order valence-electron chi connectivity index (χ0n) is 16.6. The van der Waals surface area contributed by atoms with Gasteiger partial charge < -0.3 is 10.1 Å². The number of esters is 1. The molecule has 1 amide bonds. The van der Waals surface area contributed by atoms with E-state index in [2.05, 4.69) is 15.4 Å². The van der Waals surface area contributed by atoms with Gasteiger partial charge in [-0.05, 0) is 46.6 Å². The lowest BCUT2D eigenvalue weighted by molar-refractivity contribution is -0.125. The number of nitrogens with zero attached hydrogens (tertiary/aromatic N) is 3. The molecule has 26 heavy (non-hydrogen) atoms. The molecule has 7 heteroatoms. The van der Waals surface area contributed by atoms with Crippen LogP contribution >= 0.6 is 0 Å². The molecule has 0 unspecified atom stereocenters. The second kappa shape index (κ2) is 7.43. The number of aromatic nitrogens is 3. The Balaban J connectivity index is 2.32. The van der Waals surface area contributed by atoms with Crippen LogP contribution in [0.15, 0.2) is 12.3 Å². The zero-order chi connectivity index (χ0) is 19.6. The van der Waals surface area contributed by atoms with Crippen molar-refractivity contribution >= 4 is 22.9 Å². The summed E-state index contributed by atoms with van der Waals surface area (Å²) in [4.78, 5) is 29.2. The van der Waals surface area contributed by atoms with E-state index >= 15 is 0 Å². The highest BCUT2D eigenvalue weighted by atomic mass is 16.5. The molecular formula is C19H28N4O3. The molecule has 0 atom stereocenters. The van der Waals surface area contributed by atoms with Gasteiger partial charge in [0.25, 0.3) is 5.91 Å². The molecule has 142 valence electrons. The van der Waals surface area contributed by atoms with Gasteiger partial charge in [-0.25, -0.2) is 14.5 Å². The number of nitrogens with one attached hydrogen (secondary N) is 1. The molecule has 0 radical (unpaired) electrons. The lowest BCUT2D eigenvalue weighted by Crippen LogP contribution is -2.42. The van der Waals surface area contributed by atoms with Crippen LogP contribution in [0.25, 0.3) is 11.0 Å². The molecule has 2 rings (SSSR count). The van der Waals surface area contributed by atoms with E-state index in [1.54, 1.807) is 16.9 Å². The molecule has 7 nitrogen and oxygen atoms in total. The standard InChI is InChI=1S/C19H28N4O3/c1-11(2)15-8-13(14-9-20-23(12(3)4)17(14)21-15)18(25)26-10-16(24)22-19(5,6)7/h8-9,11-12H,10H2,1-7H3,(H,22,24). The molecule has 2 aromatic heterocycles. The summed E-state index contributed by atoms with van der Waals surface area (Å²) in [6, 6.07) is 1.84. The predicted octanol–water partition coefficient (Wildman–Crippen LogP) is 3.21. The molecule has 0 aliphatic heterocycles. The van der Waals surface area contributed by atoms with Gasteiger partial charge in [0.2, 0.25) is 0 Å². The summed E-state index contributed by atoms with van der Waals surface area (Å²) in [6.45, 7) is 13.3. The van der Waals surface area contributed by atoms with Crippen molar-refractivity contribution < 1.29 is 14.3 Å². The first kappa shape index (κ1) is 19.9. The fraction of sp³-hybridized carbons (Fsp3) is 0.579. The number of ether oxygens (including phenoxy) is 1. The van der Waals surface area contributed by atoms with Gasteiger partial charge in [-0.2, -0.15) is 5.10 Å². The molecule has 2 aromatic rings. The van der Waals surface area contributed by atoms with Crippen LogP contribution in [0.3, 0.4) is 0 Å². The first-order chi connectivity index (χ1) is 12.0. The summed E-state index contributed by atoms with van der Waals surface area (Å²) in [5, 5.41) is 7.74. The molecular weight excluding hydrogens is 332 g/mol. The first-order valence-corrected chi connectivity index (χ1v) is 8.86. The number of carbonyl (C=O) groups is 2. The Morgan fingerprint density at radius 1 is 1.23 bits per heavy atom. The van der Waals surface area contributed by atoms with Crippen LogP contribution < -0.4 is 5.32 Å². The van der Waals surface area contributed by atoms with E-state index in [1.165, 1.54) is 0 Å². The van der Waals surface area contributed by atoms with Gasteiger partial charge >= 0.3 is 5.97 Å². The topological polar surface area (TPSA) is 86.1 Å². The Kier molecular flexibility index (Phi) is 5.68. The molecule has 0 aliphatic rings. The Labute approximate surface area is 154 Å². The van der Waals surface area contributed by atoms with Gasteiger partial charge in [-0.3, -0.25) is 4.79 Å².